The van der Waals surface area contributed by atoms with E-state index in [9.17, 15) is 0 Å². The van der Waals surface area contributed by atoms with Crippen molar-refractivity contribution < 1.29 is 13.9 Å². The predicted octanol–water partition coefficient (Wildman–Crippen LogP) is 4.02. The number of aromatic nitrogens is 1. The van der Waals surface area contributed by atoms with Crippen LogP contribution in [0.2, 0.25) is 0 Å². The zero-order valence-electron chi connectivity index (χ0n) is 12.7. The predicted molar refractivity (Wildman–Crippen MR) is 90.3 cm³/mol. The average molecular weight is 305 g/mol. The van der Waals surface area contributed by atoms with Crippen LogP contribution in [0, 0.1) is 12.3 Å². The van der Waals surface area contributed by atoms with Crippen molar-refractivity contribution in [1.82, 2.24) is 4.98 Å². The first-order valence-electron chi connectivity index (χ1n) is 7.08. The Labute approximate surface area is 134 Å². The average Bonchev–Trinajstić information content (AvgIpc) is 3.01. The largest absolute Gasteiger partial charge is 0.493 e. The third kappa shape index (κ3) is 3.35. The van der Waals surface area contributed by atoms with Crippen LogP contribution in [0.15, 0.2) is 46.9 Å². The number of methoxy groups -OCH3 is 1. The summed E-state index contributed by atoms with van der Waals surface area (Å²) >= 11 is 0. The SMILES string of the molecule is C#CCOc1ccc(/C=C/c2nc3ccccc3o2)cc1OC. The van der Waals surface area contributed by atoms with Gasteiger partial charge in [0.05, 0.1) is 7.11 Å². The van der Waals surface area contributed by atoms with Crippen LogP contribution in [0.4, 0.5) is 0 Å². The highest BCUT2D eigenvalue weighted by Crippen LogP contribution is 2.28. The van der Waals surface area contributed by atoms with Crippen molar-refractivity contribution in [3.63, 3.8) is 0 Å². The van der Waals surface area contributed by atoms with E-state index in [4.69, 9.17) is 20.3 Å². The van der Waals surface area contributed by atoms with Crippen molar-refractivity contribution in [3.05, 3.63) is 53.9 Å². The highest BCUT2D eigenvalue weighted by Gasteiger charge is 2.05. The van der Waals surface area contributed by atoms with Crippen molar-refractivity contribution >= 4 is 23.3 Å². The Morgan fingerprint density at radius 1 is 1.17 bits per heavy atom. The summed E-state index contributed by atoms with van der Waals surface area (Å²) in [5.74, 6) is 4.22. The molecule has 0 atom stereocenters. The van der Waals surface area contributed by atoms with Crippen LogP contribution in [-0.4, -0.2) is 18.7 Å². The zero-order chi connectivity index (χ0) is 16.1. The van der Waals surface area contributed by atoms with Gasteiger partial charge in [0.25, 0.3) is 0 Å². The van der Waals surface area contributed by atoms with Crippen LogP contribution in [0.1, 0.15) is 11.5 Å². The number of nitrogens with zero attached hydrogens (tertiary/aromatic N) is 1. The van der Waals surface area contributed by atoms with Gasteiger partial charge in [-0.2, -0.15) is 0 Å². The van der Waals surface area contributed by atoms with Gasteiger partial charge in [-0.15, -0.1) is 6.42 Å². The molecule has 114 valence electrons. The number of benzene rings is 2. The maximum Gasteiger partial charge on any atom is 0.220 e. The van der Waals surface area contributed by atoms with Crippen molar-refractivity contribution in [1.29, 1.82) is 0 Å². The van der Waals surface area contributed by atoms with Crippen LogP contribution in [-0.2, 0) is 0 Å². The third-order valence-corrected chi connectivity index (χ3v) is 3.23. The van der Waals surface area contributed by atoms with Gasteiger partial charge in [-0.25, -0.2) is 4.98 Å². The van der Waals surface area contributed by atoms with Crippen LogP contribution in [0.5, 0.6) is 11.5 Å². The lowest BCUT2D eigenvalue weighted by Gasteiger charge is -2.09. The van der Waals surface area contributed by atoms with Gasteiger partial charge in [-0.05, 0) is 35.9 Å². The van der Waals surface area contributed by atoms with Crippen LogP contribution >= 0.6 is 0 Å². The first-order chi connectivity index (χ1) is 11.3. The molecule has 4 heteroatoms. The Hall–Kier alpha value is -3.19. The number of hydrogen-bond donors (Lipinski definition) is 0. The molecule has 23 heavy (non-hydrogen) atoms. The third-order valence-electron chi connectivity index (χ3n) is 3.23. The highest BCUT2D eigenvalue weighted by molar-refractivity contribution is 5.76. The summed E-state index contributed by atoms with van der Waals surface area (Å²) in [6, 6.07) is 13.2. The van der Waals surface area contributed by atoms with E-state index >= 15 is 0 Å². The molecule has 0 amide bonds. The number of fused-ring (bicyclic) bond motifs is 1. The molecule has 1 heterocycles. The van der Waals surface area contributed by atoms with E-state index in [2.05, 4.69) is 10.9 Å². The quantitative estimate of drug-likeness (QED) is 0.668. The van der Waals surface area contributed by atoms with E-state index in [0.717, 1.165) is 16.7 Å². The Kier molecular flexibility index (Phi) is 4.30. The second-order valence-electron chi connectivity index (χ2n) is 4.76. The number of oxazole rings is 1. The molecule has 0 bridgehead atoms. The lowest BCUT2D eigenvalue weighted by Crippen LogP contribution is -1.96. The van der Waals surface area contributed by atoms with Crippen LogP contribution < -0.4 is 9.47 Å². The summed E-state index contributed by atoms with van der Waals surface area (Å²) in [4.78, 5) is 4.40. The molecule has 0 unspecified atom stereocenters. The molecular weight excluding hydrogens is 290 g/mol. The van der Waals surface area contributed by atoms with Crippen molar-refractivity contribution in [2.45, 2.75) is 0 Å². The summed E-state index contributed by atoms with van der Waals surface area (Å²) in [6.07, 6.45) is 8.91. The summed E-state index contributed by atoms with van der Waals surface area (Å²) < 4.78 is 16.4. The molecule has 0 saturated carbocycles. The number of terminal acetylenes is 1. The number of para-hydroxylation sites is 2. The second kappa shape index (κ2) is 6.71. The molecule has 1 aromatic heterocycles. The minimum atomic E-state index is 0.203. The standard InChI is InChI=1S/C19H15NO3/c1-3-12-22-17-10-8-14(13-18(17)21-2)9-11-19-20-15-6-4-5-7-16(15)23-19/h1,4-11,13H,12H2,2H3/b11-9+. The molecule has 2 aromatic carbocycles. The molecule has 0 aliphatic rings. The highest BCUT2D eigenvalue weighted by atomic mass is 16.5. The molecule has 0 spiro atoms. The van der Waals surface area contributed by atoms with Gasteiger partial charge < -0.3 is 13.9 Å². The number of hydrogen-bond acceptors (Lipinski definition) is 4. The normalized spacial score (nSPS) is 10.8. The fourth-order valence-corrected chi connectivity index (χ4v) is 2.16. The van der Waals surface area contributed by atoms with Crippen molar-refractivity contribution in [2.24, 2.45) is 0 Å². The van der Waals surface area contributed by atoms with Crippen molar-refractivity contribution in [2.75, 3.05) is 13.7 Å². The van der Waals surface area contributed by atoms with E-state index in [1.165, 1.54) is 0 Å². The van der Waals surface area contributed by atoms with Gasteiger partial charge in [-0.1, -0.05) is 24.1 Å². The molecular formula is C19H15NO3. The fraction of sp³-hybridized carbons (Fsp3) is 0.105. The molecule has 4 nitrogen and oxygen atoms in total. The molecule has 0 fully saturated rings. The maximum absolute atomic E-state index is 5.65. The van der Waals surface area contributed by atoms with Gasteiger partial charge in [0.1, 0.15) is 12.1 Å². The summed E-state index contributed by atoms with van der Waals surface area (Å²) in [6.45, 7) is 0.203. The first-order valence-corrected chi connectivity index (χ1v) is 7.08. The van der Waals surface area contributed by atoms with E-state index in [-0.39, 0.29) is 6.61 Å². The molecule has 3 aromatic rings. The van der Waals surface area contributed by atoms with Crippen LogP contribution in [0.25, 0.3) is 23.3 Å². The van der Waals surface area contributed by atoms with Gasteiger partial charge in [0.15, 0.2) is 17.1 Å². The maximum atomic E-state index is 5.65. The molecule has 0 radical (unpaired) electrons. The van der Waals surface area contributed by atoms with E-state index in [1.54, 1.807) is 7.11 Å². The van der Waals surface area contributed by atoms with Crippen molar-refractivity contribution in [3.8, 4) is 23.8 Å². The zero-order valence-corrected chi connectivity index (χ0v) is 12.7. The Morgan fingerprint density at radius 3 is 2.83 bits per heavy atom. The molecule has 0 aliphatic heterocycles. The van der Waals surface area contributed by atoms with E-state index < -0.39 is 0 Å². The molecule has 0 N–H and O–H groups in total. The van der Waals surface area contributed by atoms with E-state index in [1.807, 2.05) is 54.6 Å². The van der Waals surface area contributed by atoms with Gasteiger partial charge >= 0.3 is 0 Å². The minimum Gasteiger partial charge on any atom is -0.493 e. The lowest BCUT2D eigenvalue weighted by atomic mass is 10.2. The molecule has 0 saturated heterocycles. The van der Waals surface area contributed by atoms with Gasteiger partial charge in [-0.3, -0.25) is 0 Å². The summed E-state index contributed by atoms with van der Waals surface area (Å²) in [5, 5.41) is 0. The fourth-order valence-electron chi connectivity index (χ4n) is 2.16. The van der Waals surface area contributed by atoms with E-state index in [0.29, 0.717) is 17.4 Å². The Morgan fingerprint density at radius 2 is 2.04 bits per heavy atom. The van der Waals surface area contributed by atoms with Crippen LogP contribution in [0.3, 0.4) is 0 Å². The smallest absolute Gasteiger partial charge is 0.220 e. The first kappa shape index (κ1) is 14.7. The molecule has 0 aliphatic carbocycles. The monoisotopic (exact) mass is 305 g/mol. The molecule has 3 rings (SSSR count). The summed E-state index contributed by atoms with van der Waals surface area (Å²) in [5.41, 5.74) is 2.54. The number of ether oxygens (including phenoxy) is 2. The Bertz CT molecular complexity index is 854. The Balaban J connectivity index is 1.82. The topological polar surface area (TPSA) is 44.5 Å². The number of rotatable bonds is 5. The minimum absolute atomic E-state index is 0.203. The van der Waals surface area contributed by atoms with Gasteiger partial charge in [0.2, 0.25) is 5.89 Å². The lowest BCUT2D eigenvalue weighted by molar-refractivity contribution is 0.331. The van der Waals surface area contributed by atoms with Gasteiger partial charge in [0, 0.05) is 6.08 Å². The summed E-state index contributed by atoms with van der Waals surface area (Å²) in [7, 11) is 1.59. The second-order valence-corrected chi connectivity index (χ2v) is 4.76.